The summed E-state index contributed by atoms with van der Waals surface area (Å²) in [6.07, 6.45) is 9.98. The Labute approximate surface area is 179 Å². The quantitative estimate of drug-likeness (QED) is 0.651. The minimum absolute atomic E-state index is 0. The second kappa shape index (κ2) is 9.53. The Kier molecular flexibility index (Phi) is 7.32. The fourth-order valence-electron chi connectivity index (χ4n) is 4.31. The molecule has 4 nitrogen and oxygen atoms in total. The Morgan fingerprint density at radius 1 is 1.14 bits per heavy atom. The van der Waals surface area contributed by atoms with Crippen LogP contribution in [0.1, 0.15) is 64.4 Å². The van der Waals surface area contributed by atoms with Crippen molar-refractivity contribution in [2.24, 2.45) is 4.99 Å². The summed E-state index contributed by atoms with van der Waals surface area (Å²) in [4.78, 5) is 22.2. The van der Waals surface area contributed by atoms with Gasteiger partial charge in [0.2, 0.25) is 5.91 Å². The molecular formula is C22H32ClN3OS. The first-order chi connectivity index (χ1) is 13.2. The number of hydrogen-bond acceptors (Lipinski definition) is 3. The van der Waals surface area contributed by atoms with Gasteiger partial charge in [0, 0.05) is 24.4 Å². The number of hydrogen-bond donors (Lipinski definition) is 0. The van der Waals surface area contributed by atoms with Gasteiger partial charge < -0.3 is 4.90 Å². The van der Waals surface area contributed by atoms with E-state index in [4.69, 9.17) is 4.99 Å². The van der Waals surface area contributed by atoms with E-state index in [-0.39, 0.29) is 24.5 Å². The highest BCUT2D eigenvalue weighted by atomic mass is 35.5. The van der Waals surface area contributed by atoms with Gasteiger partial charge in [0.15, 0.2) is 5.17 Å². The molecule has 0 aromatic heterocycles. The third-order valence-corrected chi connectivity index (χ3v) is 7.01. The zero-order chi connectivity index (χ0) is 18.8. The van der Waals surface area contributed by atoms with Gasteiger partial charge in [-0.15, -0.1) is 12.4 Å². The molecule has 154 valence electrons. The van der Waals surface area contributed by atoms with E-state index in [2.05, 4.69) is 36.1 Å². The van der Waals surface area contributed by atoms with Crippen molar-refractivity contribution < 1.29 is 4.79 Å². The lowest BCUT2D eigenvalue weighted by Crippen LogP contribution is -2.51. The van der Waals surface area contributed by atoms with Gasteiger partial charge in [-0.1, -0.05) is 50.1 Å². The van der Waals surface area contributed by atoms with E-state index in [1.807, 2.05) is 16.7 Å². The van der Waals surface area contributed by atoms with E-state index in [9.17, 15) is 4.79 Å². The van der Waals surface area contributed by atoms with Gasteiger partial charge in [-0.2, -0.15) is 0 Å². The average molecular weight is 422 g/mol. The number of halogens is 1. The first-order valence-electron chi connectivity index (χ1n) is 10.5. The van der Waals surface area contributed by atoms with E-state index < -0.39 is 0 Å². The Morgan fingerprint density at radius 2 is 1.82 bits per heavy atom. The second-order valence-corrected chi connectivity index (χ2v) is 9.03. The maximum atomic E-state index is 12.6. The average Bonchev–Trinajstić information content (AvgIpc) is 3.45. The number of aryl methyl sites for hydroxylation is 1. The molecule has 2 aliphatic carbocycles. The molecule has 28 heavy (non-hydrogen) atoms. The van der Waals surface area contributed by atoms with Crippen LogP contribution in [0.25, 0.3) is 0 Å². The summed E-state index contributed by atoms with van der Waals surface area (Å²) >= 11 is 1.85. The van der Waals surface area contributed by atoms with Gasteiger partial charge in [0.1, 0.15) is 6.17 Å². The van der Waals surface area contributed by atoms with E-state index in [1.165, 1.54) is 55.7 Å². The van der Waals surface area contributed by atoms with Crippen molar-refractivity contribution in [3.8, 4) is 0 Å². The second-order valence-electron chi connectivity index (χ2n) is 8.04. The number of amidine groups is 1. The SMILES string of the molecule is CCc1ccc(N(C(C)=O)C2CSC(=NC3CCCCC3)N2C2CC2)cc1.Cl. The van der Waals surface area contributed by atoms with Gasteiger partial charge in [0.05, 0.1) is 6.04 Å². The molecule has 3 fully saturated rings. The molecule has 1 unspecified atom stereocenters. The topological polar surface area (TPSA) is 35.9 Å². The van der Waals surface area contributed by atoms with Crippen LogP contribution in [0.3, 0.4) is 0 Å². The molecule has 1 saturated heterocycles. The predicted octanol–water partition coefficient (Wildman–Crippen LogP) is 5.25. The van der Waals surface area contributed by atoms with Crippen LogP contribution >= 0.6 is 24.2 Å². The van der Waals surface area contributed by atoms with Crippen molar-refractivity contribution in [2.45, 2.75) is 83.5 Å². The summed E-state index contributed by atoms with van der Waals surface area (Å²) in [6, 6.07) is 9.54. The minimum atomic E-state index is 0. The molecule has 2 saturated carbocycles. The van der Waals surface area contributed by atoms with Crippen LogP contribution < -0.4 is 4.90 Å². The summed E-state index contributed by atoms with van der Waals surface area (Å²) in [5.41, 5.74) is 2.32. The van der Waals surface area contributed by atoms with Crippen LogP contribution in [0, 0.1) is 0 Å². The van der Waals surface area contributed by atoms with Crippen LogP contribution in [0.5, 0.6) is 0 Å². The third-order valence-electron chi connectivity index (χ3n) is 5.97. The van der Waals surface area contributed by atoms with Crippen molar-refractivity contribution in [1.29, 1.82) is 0 Å². The standard InChI is InChI=1S/C22H31N3OS.ClH/c1-3-17-9-11-19(12-10-17)24(16(2)26)21-15-27-22(25(21)20-13-14-20)23-18-7-5-4-6-8-18;/h9-12,18,20-21H,3-8,13-15H2,1-2H3;1H. The molecule has 1 atom stereocenters. The van der Waals surface area contributed by atoms with E-state index >= 15 is 0 Å². The molecule has 4 rings (SSSR count). The highest BCUT2D eigenvalue weighted by molar-refractivity contribution is 8.14. The molecular weight excluding hydrogens is 390 g/mol. The maximum absolute atomic E-state index is 12.6. The number of thioether (sulfide) groups is 1. The minimum Gasteiger partial charge on any atom is -0.327 e. The molecule has 0 bridgehead atoms. The van der Waals surface area contributed by atoms with Crippen molar-refractivity contribution in [3.05, 3.63) is 29.8 Å². The van der Waals surface area contributed by atoms with Crippen LogP contribution in [0.2, 0.25) is 0 Å². The van der Waals surface area contributed by atoms with Gasteiger partial charge in [0.25, 0.3) is 0 Å². The fraction of sp³-hybridized carbons (Fsp3) is 0.636. The highest BCUT2D eigenvalue weighted by Crippen LogP contribution is 2.40. The largest absolute Gasteiger partial charge is 0.327 e. The number of carbonyl (C=O) groups is 1. The Hall–Kier alpha value is -1.20. The smallest absolute Gasteiger partial charge is 0.225 e. The maximum Gasteiger partial charge on any atom is 0.225 e. The van der Waals surface area contributed by atoms with Crippen molar-refractivity contribution >= 4 is 40.9 Å². The Balaban J connectivity index is 0.00000225. The highest BCUT2D eigenvalue weighted by Gasteiger charge is 2.44. The number of anilines is 1. The molecule has 0 N–H and O–H groups in total. The Morgan fingerprint density at radius 3 is 2.39 bits per heavy atom. The van der Waals surface area contributed by atoms with Crippen LogP contribution in [0.15, 0.2) is 29.3 Å². The third kappa shape index (κ3) is 4.68. The predicted molar refractivity (Wildman–Crippen MR) is 122 cm³/mol. The number of benzene rings is 1. The van der Waals surface area contributed by atoms with Crippen molar-refractivity contribution in [3.63, 3.8) is 0 Å². The lowest BCUT2D eigenvalue weighted by molar-refractivity contribution is -0.117. The van der Waals surface area contributed by atoms with Crippen molar-refractivity contribution in [2.75, 3.05) is 10.7 Å². The number of carbonyl (C=O) groups excluding carboxylic acids is 1. The Bertz CT molecular complexity index is 698. The lowest BCUT2D eigenvalue weighted by atomic mass is 9.96. The summed E-state index contributed by atoms with van der Waals surface area (Å²) in [5, 5.41) is 1.19. The first kappa shape index (κ1) is 21.5. The van der Waals surface area contributed by atoms with Crippen LogP contribution in [-0.4, -0.2) is 40.0 Å². The molecule has 1 aromatic rings. The van der Waals surface area contributed by atoms with E-state index in [0.29, 0.717) is 12.1 Å². The molecule has 0 radical (unpaired) electrons. The number of nitrogens with zero attached hydrogens (tertiary/aromatic N) is 3. The van der Waals surface area contributed by atoms with E-state index in [0.717, 1.165) is 17.9 Å². The van der Waals surface area contributed by atoms with Gasteiger partial charge >= 0.3 is 0 Å². The molecule has 6 heteroatoms. The van der Waals surface area contributed by atoms with Crippen molar-refractivity contribution in [1.82, 2.24) is 4.90 Å². The van der Waals surface area contributed by atoms with Crippen LogP contribution in [-0.2, 0) is 11.2 Å². The zero-order valence-corrected chi connectivity index (χ0v) is 18.6. The molecule has 1 aromatic carbocycles. The summed E-state index contributed by atoms with van der Waals surface area (Å²) in [7, 11) is 0. The summed E-state index contributed by atoms with van der Waals surface area (Å²) in [5.74, 6) is 1.03. The first-order valence-corrected chi connectivity index (χ1v) is 11.5. The summed E-state index contributed by atoms with van der Waals surface area (Å²) in [6.45, 7) is 3.86. The number of aliphatic imine (C=N–C) groups is 1. The van der Waals surface area contributed by atoms with Gasteiger partial charge in [-0.05, 0) is 49.8 Å². The molecule has 1 heterocycles. The molecule has 1 aliphatic heterocycles. The normalized spacial score (nSPS) is 24.3. The number of rotatable bonds is 5. The zero-order valence-electron chi connectivity index (χ0n) is 17.0. The monoisotopic (exact) mass is 421 g/mol. The molecule has 0 spiro atoms. The van der Waals surface area contributed by atoms with E-state index in [1.54, 1.807) is 6.92 Å². The van der Waals surface area contributed by atoms with Gasteiger partial charge in [-0.3, -0.25) is 14.7 Å². The molecule has 3 aliphatic rings. The van der Waals surface area contributed by atoms with Gasteiger partial charge in [-0.25, -0.2) is 0 Å². The lowest BCUT2D eigenvalue weighted by Gasteiger charge is -2.35. The van der Waals surface area contributed by atoms with Crippen LogP contribution in [0.4, 0.5) is 5.69 Å². The molecule has 1 amide bonds. The summed E-state index contributed by atoms with van der Waals surface area (Å²) < 4.78 is 0. The fourth-order valence-corrected chi connectivity index (χ4v) is 5.56. The number of amides is 1.